The Bertz CT molecular complexity index is 661. The molecule has 0 bridgehead atoms. The van der Waals surface area contributed by atoms with Crippen molar-refractivity contribution in [2.75, 3.05) is 7.11 Å². The van der Waals surface area contributed by atoms with Gasteiger partial charge in [-0.3, -0.25) is 0 Å². The molecule has 2 aromatic heterocycles. The summed E-state index contributed by atoms with van der Waals surface area (Å²) in [7, 11) is 1.70. The fraction of sp³-hybridized carbons (Fsp3) is 0.0714. The molecule has 78 valence electrons. The van der Waals surface area contributed by atoms with Crippen molar-refractivity contribution in [1.29, 1.82) is 0 Å². The molecule has 3 rings (SSSR count). The molecule has 0 saturated carbocycles. The number of methoxy groups -OCH3 is 1. The molecule has 0 N–H and O–H groups in total. The largest absolute Gasteiger partial charge is 0.490 e. The Labute approximate surface area is 93.7 Å². The maximum absolute atomic E-state index is 5.36. The van der Waals surface area contributed by atoms with Crippen LogP contribution in [0, 0.1) is 0 Å². The summed E-state index contributed by atoms with van der Waals surface area (Å²) in [5.41, 5.74) is 1.09. The molecular formula is C14H12NO+. The van der Waals surface area contributed by atoms with Crippen molar-refractivity contribution in [3.8, 4) is 5.75 Å². The number of rotatable bonds is 1. The molecule has 0 unspecified atom stereocenters. The molecule has 0 saturated heterocycles. The van der Waals surface area contributed by atoms with Crippen molar-refractivity contribution in [1.82, 2.24) is 0 Å². The van der Waals surface area contributed by atoms with Crippen LogP contribution >= 0.6 is 0 Å². The second kappa shape index (κ2) is 3.49. The number of aromatic nitrogens is 1. The SMILES string of the molecule is COc1ccc[n+]2cc3ccccc3cc12. The molecule has 2 heterocycles. The number of nitrogens with zero attached hydrogens (tertiary/aromatic N) is 1. The second-order valence-electron chi connectivity index (χ2n) is 3.77. The van der Waals surface area contributed by atoms with Gasteiger partial charge in [-0.1, -0.05) is 18.2 Å². The fourth-order valence-corrected chi connectivity index (χ4v) is 2.00. The highest BCUT2D eigenvalue weighted by Crippen LogP contribution is 2.19. The normalized spacial score (nSPS) is 10.8. The van der Waals surface area contributed by atoms with E-state index in [9.17, 15) is 0 Å². The van der Waals surface area contributed by atoms with Gasteiger partial charge >= 0.3 is 0 Å². The number of pyridine rings is 2. The van der Waals surface area contributed by atoms with Crippen LogP contribution < -0.4 is 9.14 Å². The summed E-state index contributed by atoms with van der Waals surface area (Å²) in [5, 5.41) is 2.46. The van der Waals surface area contributed by atoms with E-state index in [4.69, 9.17) is 4.74 Å². The van der Waals surface area contributed by atoms with Gasteiger partial charge in [0, 0.05) is 17.5 Å². The van der Waals surface area contributed by atoms with Crippen LogP contribution in [-0.2, 0) is 0 Å². The zero-order valence-corrected chi connectivity index (χ0v) is 9.05. The van der Waals surface area contributed by atoms with Crippen LogP contribution in [0.2, 0.25) is 0 Å². The number of hydrogen-bond acceptors (Lipinski definition) is 1. The predicted octanol–water partition coefficient (Wildman–Crippen LogP) is 2.59. The molecule has 2 heteroatoms. The molecule has 2 nitrogen and oxygen atoms in total. The Morgan fingerprint density at radius 2 is 1.81 bits per heavy atom. The van der Waals surface area contributed by atoms with Gasteiger partial charge in [0.2, 0.25) is 0 Å². The van der Waals surface area contributed by atoms with E-state index in [1.165, 1.54) is 10.8 Å². The van der Waals surface area contributed by atoms with E-state index in [0.29, 0.717) is 0 Å². The van der Waals surface area contributed by atoms with Crippen LogP contribution in [-0.4, -0.2) is 7.11 Å². The zero-order valence-electron chi connectivity index (χ0n) is 9.05. The molecule has 0 atom stereocenters. The maximum Gasteiger partial charge on any atom is 0.253 e. The molecule has 0 fully saturated rings. The Hall–Kier alpha value is -2.09. The lowest BCUT2D eigenvalue weighted by Gasteiger charge is -2.01. The summed E-state index contributed by atoms with van der Waals surface area (Å²) in [5.74, 6) is 0.897. The quantitative estimate of drug-likeness (QED) is 0.444. The van der Waals surface area contributed by atoms with Crippen LogP contribution in [0.5, 0.6) is 5.75 Å². The fourth-order valence-electron chi connectivity index (χ4n) is 2.00. The van der Waals surface area contributed by atoms with Crippen molar-refractivity contribution < 1.29 is 9.14 Å². The summed E-state index contributed by atoms with van der Waals surface area (Å²) in [6, 6.07) is 14.4. The summed E-state index contributed by atoms with van der Waals surface area (Å²) in [6.07, 6.45) is 4.15. The minimum atomic E-state index is 0.897. The number of benzene rings is 1. The van der Waals surface area contributed by atoms with E-state index in [1.807, 2.05) is 24.4 Å². The molecule has 0 amide bonds. The van der Waals surface area contributed by atoms with Crippen LogP contribution in [0.1, 0.15) is 0 Å². The topological polar surface area (TPSA) is 13.3 Å². The van der Waals surface area contributed by atoms with Crippen LogP contribution in [0.3, 0.4) is 0 Å². The molecule has 0 aliphatic rings. The van der Waals surface area contributed by atoms with Crippen LogP contribution in [0.25, 0.3) is 16.3 Å². The van der Waals surface area contributed by atoms with Gasteiger partial charge in [0.25, 0.3) is 5.52 Å². The van der Waals surface area contributed by atoms with E-state index < -0.39 is 0 Å². The highest BCUT2D eigenvalue weighted by Gasteiger charge is 2.09. The number of ether oxygens (including phenoxy) is 1. The molecule has 0 spiro atoms. The first kappa shape index (κ1) is 9.16. The first-order chi connectivity index (χ1) is 7.88. The zero-order chi connectivity index (χ0) is 11.0. The molecular weight excluding hydrogens is 198 g/mol. The maximum atomic E-state index is 5.36. The van der Waals surface area contributed by atoms with E-state index >= 15 is 0 Å². The van der Waals surface area contributed by atoms with Gasteiger partial charge in [-0.05, 0) is 17.5 Å². The summed E-state index contributed by atoms with van der Waals surface area (Å²) >= 11 is 0. The lowest BCUT2D eigenvalue weighted by molar-refractivity contribution is -0.510. The third-order valence-corrected chi connectivity index (χ3v) is 2.81. The minimum absolute atomic E-state index is 0.897. The van der Waals surface area contributed by atoms with Crippen molar-refractivity contribution in [2.24, 2.45) is 0 Å². The monoisotopic (exact) mass is 210 g/mol. The predicted molar refractivity (Wildman–Crippen MR) is 63.7 cm³/mol. The number of fused-ring (bicyclic) bond motifs is 2. The Morgan fingerprint density at radius 1 is 1.00 bits per heavy atom. The van der Waals surface area contributed by atoms with E-state index in [0.717, 1.165) is 11.3 Å². The summed E-state index contributed by atoms with van der Waals surface area (Å²) in [4.78, 5) is 0. The van der Waals surface area contributed by atoms with E-state index in [1.54, 1.807) is 7.11 Å². The third kappa shape index (κ3) is 1.31. The third-order valence-electron chi connectivity index (χ3n) is 2.81. The average molecular weight is 210 g/mol. The van der Waals surface area contributed by atoms with Gasteiger partial charge in [-0.2, -0.15) is 4.40 Å². The molecule has 1 aromatic carbocycles. The average Bonchev–Trinajstić information content (AvgIpc) is 2.35. The smallest absolute Gasteiger partial charge is 0.253 e. The first-order valence-electron chi connectivity index (χ1n) is 5.25. The van der Waals surface area contributed by atoms with Crippen molar-refractivity contribution in [2.45, 2.75) is 0 Å². The van der Waals surface area contributed by atoms with Crippen molar-refractivity contribution in [3.63, 3.8) is 0 Å². The Balaban J connectivity index is 2.46. The lowest BCUT2D eigenvalue weighted by Crippen LogP contribution is -2.20. The Morgan fingerprint density at radius 3 is 2.62 bits per heavy atom. The minimum Gasteiger partial charge on any atom is -0.490 e. The summed E-state index contributed by atoms with van der Waals surface area (Å²) < 4.78 is 7.44. The lowest BCUT2D eigenvalue weighted by atomic mass is 10.1. The highest BCUT2D eigenvalue weighted by atomic mass is 16.5. The van der Waals surface area contributed by atoms with Gasteiger partial charge < -0.3 is 4.74 Å². The molecule has 16 heavy (non-hydrogen) atoms. The molecule has 0 aliphatic carbocycles. The van der Waals surface area contributed by atoms with Gasteiger partial charge in [0.15, 0.2) is 18.1 Å². The van der Waals surface area contributed by atoms with E-state index in [2.05, 4.69) is 34.9 Å². The number of hydrogen-bond donors (Lipinski definition) is 0. The standard InChI is InChI=1S/C14H12NO/c1-16-14-7-4-8-15-10-12-6-3-2-5-11(12)9-13(14)15/h2-10H,1H3/q+1. The Kier molecular flexibility index (Phi) is 2.00. The van der Waals surface area contributed by atoms with Gasteiger partial charge in [0.1, 0.15) is 0 Å². The molecule has 3 aromatic rings. The second-order valence-corrected chi connectivity index (χ2v) is 3.77. The molecule has 0 radical (unpaired) electrons. The summed E-state index contributed by atoms with van der Waals surface area (Å²) in [6.45, 7) is 0. The van der Waals surface area contributed by atoms with Gasteiger partial charge in [-0.25, -0.2) is 0 Å². The molecule has 0 aliphatic heterocycles. The van der Waals surface area contributed by atoms with Crippen molar-refractivity contribution >= 4 is 16.3 Å². The van der Waals surface area contributed by atoms with Gasteiger partial charge in [0.05, 0.1) is 7.11 Å². The van der Waals surface area contributed by atoms with Crippen LogP contribution in [0.4, 0.5) is 0 Å². The highest BCUT2D eigenvalue weighted by molar-refractivity contribution is 5.84. The first-order valence-corrected chi connectivity index (χ1v) is 5.25. The van der Waals surface area contributed by atoms with Crippen LogP contribution in [0.15, 0.2) is 54.9 Å². The van der Waals surface area contributed by atoms with Gasteiger partial charge in [-0.15, -0.1) is 0 Å². The van der Waals surface area contributed by atoms with E-state index in [-0.39, 0.29) is 0 Å². The van der Waals surface area contributed by atoms with Crippen molar-refractivity contribution in [3.05, 3.63) is 54.9 Å².